The van der Waals surface area contributed by atoms with Gasteiger partial charge in [0.25, 0.3) is 0 Å². The summed E-state index contributed by atoms with van der Waals surface area (Å²) in [6.07, 6.45) is 8.80. The molecule has 0 atom stereocenters. The number of allylic oxidation sites excluding steroid dienone is 4. The van der Waals surface area contributed by atoms with E-state index in [0.717, 1.165) is 101 Å². The summed E-state index contributed by atoms with van der Waals surface area (Å²) < 4.78 is 0. The lowest BCUT2D eigenvalue weighted by atomic mass is 9.76. The largest absolute Gasteiger partial charge is 0.208 e. The topological polar surface area (TPSA) is 77.3 Å². The van der Waals surface area contributed by atoms with Gasteiger partial charge in [-0.3, -0.25) is 0 Å². The smallest absolute Gasteiger partial charge is 0.164 e. The van der Waals surface area contributed by atoms with Gasteiger partial charge < -0.3 is 0 Å². The Hall–Kier alpha value is -12.6. The van der Waals surface area contributed by atoms with Gasteiger partial charge in [-0.15, -0.1) is 0 Å². The van der Waals surface area contributed by atoms with E-state index in [4.69, 9.17) is 29.9 Å². The Labute approximate surface area is 556 Å². The molecule has 17 aromatic rings. The lowest BCUT2D eigenvalue weighted by Crippen LogP contribution is -2.01. The molecule has 1 aliphatic carbocycles. The van der Waals surface area contributed by atoms with Crippen LogP contribution in [0.15, 0.2) is 328 Å². The van der Waals surface area contributed by atoms with Crippen LogP contribution in [0.3, 0.4) is 0 Å². The maximum Gasteiger partial charge on any atom is 0.164 e. The second-order valence-corrected chi connectivity index (χ2v) is 24.6. The van der Waals surface area contributed by atoms with Crippen molar-refractivity contribution in [2.24, 2.45) is 0 Å². The quantitative estimate of drug-likeness (QED) is 0.0896. The molecule has 0 amide bonds. The van der Waals surface area contributed by atoms with Crippen LogP contribution in [-0.4, -0.2) is 29.9 Å². The normalized spacial score (nSPS) is 12.3. The first-order chi connectivity index (χ1) is 47.6. The minimum atomic E-state index is 0.586. The summed E-state index contributed by atoms with van der Waals surface area (Å²) in [5.41, 5.74) is 19.2. The Morgan fingerprint density at radius 1 is 0.208 bits per heavy atom. The zero-order chi connectivity index (χ0) is 63.5. The van der Waals surface area contributed by atoms with Crippen molar-refractivity contribution in [1.29, 1.82) is 0 Å². The molecular formula is C90H58N6. The summed E-state index contributed by atoms with van der Waals surface area (Å²) in [6, 6.07) is 111. The van der Waals surface area contributed by atoms with Crippen molar-refractivity contribution in [2.75, 3.05) is 0 Å². The van der Waals surface area contributed by atoms with Gasteiger partial charge in [0, 0.05) is 33.4 Å². The maximum atomic E-state index is 5.31. The molecule has 6 nitrogen and oxygen atoms in total. The van der Waals surface area contributed by atoms with Gasteiger partial charge in [0.15, 0.2) is 34.9 Å². The minimum Gasteiger partial charge on any atom is -0.208 e. The highest BCUT2D eigenvalue weighted by molar-refractivity contribution is 6.45. The number of hydrogen-bond donors (Lipinski definition) is 0. The van der Waals surface area contributed by atoms with Gasteiger partial charge in [-0.2, -0.15) is 0 Å². The van der Waals surface area contributed by atoms with Gasteiger partial charge in [0.2, 0.25) is 0 Å². The van der Waals surface area contributed by atoms with E-state index in [0.29, 0.717) is 34.9 Å². The Morgan fingerprint density at radius 2 is 0.510 bits per heavy atom. The van der Waals surface area contributed by atoms with Crippen molar-refractivity contribution < 1.29 is 0 Å². The van der Waals surface area contributed by atoms with E-state index in [-0.39, 0.29) is 0 Å². The van der Waals surface area contributed by atoms with Gasteiger partial charge in [-0.25, -0.2) is 29.9 Å². The summed E-state index contributed by atoms with van der Waals surface area (Å²) in [5, 5.41) is 11.9. The fraction of sp³-hybridized carbons (Fsp3) is 0.0222. The van der Waals surface area contributed by atoms with Crippen LogP contribution in [0.4, 0.5) is 0 Å². The zero-order valence-corrected chi connectivity index (χ0v) is 52.3. The summed E-state index contributed by atoms with van der Waals surface area (Å²) in [4.78, 5) is 31.4. The molecule has 448 valence electrons. The van der Waals surface area contributed by atoms with E-state index in [1.165, 1.54) is 65.7 Å². The van der Waals surface area contributed by atoms with E-state index in [2.05, 4.69) is 255 Å². The lowest BCUT2D eigenvalue weighted by Gasteiger charge is -2.26. The van der Waals surface area contributed by atoms with Crippen molar-refractivity contribution in [2.45, 2.75) is 12.8 Å². The zero-order valence-electron chi connectivity index (χ0n) is 52.3. The first-order valence-electron chi connectivity index (χ1n) is 32.8. The van der Waals surface area contributed by atoms with Crippen molar-refractivity contribution in [3.63, 3.8) is 0 Å². The van der Waals surface area contributed by atoms with Crippen LogP contribution in [0.1, 0.15) is 18.4 Å². The van der Waals surface area contributed by atoms with Crippen LogP contribution in [0, 0.1) is 0 Å². The predicted octanol–water partition coefficient (Wildman–Crippen LogP) is 23.3. The Balaban J connectivity index is 0.992. The highest BCUT2D eigenvalue weighted by Crippen LogP contribution is 2.56. The number of fused-ring (bicyclic) bond motifs is 6. The fourth-order valence-electron chi connectivity index (χ4n) is 14.7. The van der Waals surface area contributed by atoms with Gasteiger partial charge in [-0.05, 0) is 158 Å². The van der Waals surface area contributed by atoms with Crippen LogP contribution < -0.4 is 0 Å². The van der Waals surface area contributed by atoms with Crippen LogP contribution >= 0.6 is 0 Å². The molecule has 0 fully saturated rings. The molecule has 15 aromatic carbocycles. The van der Waals surface area contributed by atoms with E-state index < -0.39 is 0 Å². The summed E-state index contributed by atoms with van der Waals surface area (Å²) >= 11 is 0. The summed E-state index contributed by atoms with van der Waals surface area (Å²) in [6.45, 7) is 0. The van der Waals surface area contributed by atoms with Crippen LogP contribution in [0.5, 0.6) is 0 Å². The second kappa shape index (κ2) is 23.8. The SMILES string of the molecule is C1=CCCC(c2cc(-c3ccccc3)c3c4cccc5c6c(-c7cccc(-c8nc(-c9ccccc9)nc(-c9ccccc9)n8)c7)c(-c7ccccc7)cc(-c7cccc(-c8nc(-c9ccccc9)nc(-c9ccccc9)n8)c7)c6c6cccc(c3c2-c2ccccc2)c6c45)=C1. The van der Waals surface area contributed by atoms with Crippen LogP contribution in [0.25, 0.3) is 183 Å². The number of hydrogen-bond acceptors (Lipinski definition) is 6. The molecule has 1 aliphatic rings. The third-order valence-corrected chi connectivity index (χ3v) is 18.9. The summed E-state index contributed by atoms with van der Waals surface area (Å²) in [5.74, 6) is 3.61. The Kier molecular flexibility index (Phi) is 13.9. The highest BCUT2D eigenvalue weighted by atomic mass is 15.0. The average molecular weight is 1220 g/mol. The van der Waals surface area contributed by atoms with Crippen molar-refractivity contribution in [1.82, 2.24) is 29.9 Å². The van der Waals surface area contributed by atoms with Gasteiger partial charge >= 0.3 is 0 Å². The number of rotatable bonds is 12. The highest BCUT2D eigenvalue weighted by Gasteiger charge is 2.29. The molecule has 2 heterocycles. The molecule has 0 spiro atoms. The van der Waals surface area contributed by atoms with Crippen LogP contribution in [-0.2, 0) is 0 Å². The molecule has 0 unspecified atom stereocenters. The number of nitrogens with zero attached hydrogens (tertiary/aromatic N) is 6. The molecule has 2 aromatic heterocycles. The van der Waals surface area contributed by atoms with Crippen LogP contribution in [0.2, 0.25) is 0 Å². The standard InChI is InChI=1S/C90H58N6/c1-9-29-57(30-10-1)73-55-75(59-33-13-3-14-34-59)81-69-49-27-52-72-79(69)80-70(50-28-51-71(80)83(81)77(73)60-35-15-4-16-36-60)82-76(65-45-25-47-67(53-65)89-93-85(61-37-17-5-18-38-61)91-86(94-89)62-39-19-6-20-40-62)56-74(58-31-11-2-12-32-58)78(84(72)82)66-46-26-48-68(54-66)90-95-87(63-41-21-7-22-42-63)92-88(96-90)64-43-23-8-24-44-64/h1-9,11-29,31-56H,10,30H2. The molecule has 0 saturated heterocycles. The van der Waals surface area contributed by atoms with E-state index >= 15 is 0 Å². The number of aromatic nitrogens is 6. The first-order valence-corrected chi connectivity index (χ1v) is 32.8. The molecule has 18 rings (SSSR count). The molecule has 0 N–H and O–H groups in total. The third kappa shape index (κ3) is 9.82. The second-order valence-electron chi connectivity index (χ2n) is 24.6. The van der Waals surface area contributed by atoms with E-state index in [1.807, 2.05) is 72.8 Å². The van der Waals surface area contributed by atoms with Crippen molar-refractivity contribution in [3.05, 3.63) is 333 Å². The molecule has 6 heteroatoms. The third-order valence-electron chi connectivity index (χ3n) is 18.9. The first kappa shape index (κ1) is 56.1. The predicted molar refractivity (Wildman–Crippen MR) is 398 cm³/mol. The Bertz CT molecular complexity index is 5780. The van der Waals surface area contributed by atoms with Crippen molar-refractivity contribution >= 4 is 59.4 Å². The van der Waals surface area contributed by atoms with Gasteiger partial charge in [0.1, 0.15) is 0 Å². The Morgan fingerprint density at radius 3 is 0.927 bits per heavy atom. The fourth-order valence-corrected chi connectivity index (χ4v) is 14.7. The molecule has 0 saturated carbocycles. The molecule has 0 radical (unpaired) electrons. The van der Waals surface area contributed by atoms with Crippen molar-refractivity contribution in [3.8, 4) is 124 Å². The monoisotopic (exact) mass is 1220 g/mol. The van der Waals surface area contributed by atoms with Gasteiger partial charge in [-0.1, -0.05) is 303 Å². The van der Waals surface area contributed by atoms with E-state index in [1.54, 1.807) is 0 Å². The molecule has 96 heavy (non-hydrogen) atoms. The summed E-state index contributed by atoms with van der Waals surface area (Å²) in [7, 11) is 0. The number of benzene rings is 15. The maximum absolute atomic E-state index is 5.31. The molecule has 0 bridgehead atoms. The molecular weight excluding hydrogens is 1170 g/mol. The molecule has 0 aliphatic heterocycles. The minimum absolute atomic E-state index is 0.586. The van der Waals surface area contributed by atoms with E-state index in [9.17, 15) is 0 Å². The lowest BCUT2D eigenvalue weighted by molar-refractivity contribution is 1.05. The average Bonchev–Trinajstić information content (AvgIpc) is 0.681. The van der Waals surface area contributed by atoms with Gasteiger partial charge in [0.05, 0.1) is 0 Å².